The molecule has 0 radical (unpaired) electrons. The lowest BCUT2D eigenvalue weighted by Gasteiger charge is -2.26. The van der Waals surface area contributed by atoms with Crippen LogP contribution in [0.5, 0.6) is 0 Å². The van der Waals surface area contributed by atoms with Gasteiger partial charge in [0.2, 0.25) is 0 Å². The highest BCUT2D eigenvalue weighted by Gasteiger charge is 2.28. The van der Waals surface area contributed by atoms with Gasteiger partial charge in [-0.25, -0.2) is 0 Å². The first kappa shape index (κ1) is 14.5. The molecule has 1 aliphatic rings. The van der Waals surface area contributed by atoms with Crippen molar-refractivity contribution in [2.24, 2.45) is 11.8 Å². The van der Waals surface area contributed by atoms with Crippen molar-refractivity contribution in [1.29, 1.82) is 5.26 Å². The zero-order chi connectivity index (χ0) is 12.9. The van der Waals surface area contributed by atoms with Gasteiger partial charge in [-0.05, 0) is 44.7 Å². The van der Waals surface area contributed by atoms with Gasteiger partial charge in [0, 0.05) is 13.1 Å². The van der Waals surface area contributed by atoms with Gasteiger partial charge in [0.05, 0.1) is 6.07 Å². The molecule has 1 heterocycles. The Morgan fingerprint density at radius 3 is 2.71 bits per heavy atom. The highest BCUT2D eigenvalue weighted by atomic mass is 15.1. The van der Waals surface area contributed by atoms with Gasteiger partial charge < -0.3 is 4.90 Å². The Morgan fingerprint density at radius 1 is 1.53 bits per heavy atom. The van der Waals surface area contributed by atoms with Crippen molar-refractivity contribution in [3.8, 4) is 6.07 Å². The van der Waals surface area contributed by atoms with E-state index in [0.29, 0.717) is 0 Å². The van der Waals surface area contributed by atoms with Gasteiger partial charge in [0.25, 0.3) is 0 Å². The van der Waals surface area contributed by atoms with Crippen LogP contribution in [0.25, 0.3) is 0 Å². The zero-order valence-electron chi connectivity index (χ0n) is 11.8. The lowest BCUT2D eigenvalue weighted by molar-refractivity contribution is 0.271. The van der Waals surface area contributed by atoms with Gasteiger partial charge in [-0.15, -0.1) is 0 Å². The van der Waals surface area contributed by atoms with Gasteiger partial charge in [-0.2, -0.15) is 5.26 Å². The van der Waals surface area contributed by atoms with E-state index in [0.717, 1.165) is 31.3 Å². The van der Waals surface area contributed by atoms with E-state index >= 15 is 0 Å². The smallest absolute Gasteiger partial charge is 0.105 e. The van der Waals surface area contributed by atoms with Crippen molar-refractivity contribution in [3.63, 3.8) is 0 Å². The predicted octanol–water partition coefficient (Wildman–Crippen LogP) is 2.25. The second kappa shape index (κ2) is 6.37. The number of hydrogen-bond donors (Lipinski definition) is 1. The van der Waals surface area contributed by atoms with Crippen molar-refractivity contribution in [1.82, 2.24) is 10.2 Å². The van der Waals surface area contributed by atoms with E-state index in [4.69, 9.17) is 0 Å². The Kier molecular flexibility index (Phi) is 5.42. The fourth-order valence-corrected chi connectivity index (χ4v) is 2.57. The average molecular weight is 237 g/mol. The van der Waals surface area contributed by atoms with Crippen LogP contribution in [0.3, 0.4) is 0 Å². The predicted molar refractivity (Wildman–Crippen MR) is 71.7 cm³/mol. The van der Waals surface area contributed by atoms with Crippen molar-refractivity contribution in [3.05, 3.63) is 0 Å². The third-order valence-electron chi connectivity index (χ3n) is 3.99. The molecule has 1 N–H and O–H groups in total. The normalized spacial score (nSPS) is 24.8. The molecular weight excluding hydrogens is 210 g/mol. The van der Waals surface area contributed by atoms with Gasteiger partial charge in [-0.1, -0.05) is 20.8 Å². The first-order valence-corrected chi connectivity index (χ1v) is 6.89. The van der Waals surface area contributed by atoms with Crippen LogP contribution in [0.15, 0.2) is 0 Å². The fraction of sp³-hybridized carbons (Fsp3) is 0.929. The molecule has 0 bridgehead atoms. The summed E-state index contributed by atoms with van der Waals surface area (Å²) >= 11 is 0. The Balaban J connectivity index is 2.34. The van der Waals surface area contributed by atoms with E-state index in [2.05, 4.69) is 37.1 Å². The molecule has 3 heteroatoms. The monoisotopic (exact) mass is 237 g/mol. The maximum atomic E-state index is 9.20. The minimum Gasteiger partial charge on any atom is -0.303 e. The molecule has 1 rings (SSSR count). The quantitative estimate of drug-likeness (QED) is 0.770. The first-order chi connectivity index (χ1) is 8.00. The third-order valence-corrected chi connectivity index (χ3v) is 3.99. The third kappa shape index (κ3) is 4.29. The topological polar surface area (TPSA) is 39.1 Å². The molecule has 0 spiro atoms. The van der Waals surface area contributed by atoms with Crippen LogP contribution in [-0.4, -0.2) is 36.6 Å². The molecule has 0 aliphatic carbocycles. The summed E-state index contributed by atoms with van der Waals surface area (Å²) in [5.41, 5.74) is -0.356. The largest absolute Gasteiger partial charge is 0.303 e. The van der Waals surface area contributed by atoms with Crippen molar-refractivity contribution < 1.29 is 0 Å². The van der Waals surface area contributed by atoms with Gasteiger partial charge >= 0.3 is 0 Å². The number of nitrogens with one attached hydrogen (secondary N) is 1. The molecule has 1 aliphatic heterocycles. The van der Waals surface area contributed by atoms with Crippen LogP contribution in [-0.2, 0) is 0 Å². The maximum Gasteiger partial charge on any atom is 0.105 e. The maximum absolute atomic E-state index is 9.20. The summed E-state index contributed by atoms with van der Waals surface area (Å²) in [5.74, 6) is 1.64. The highest BCUT2D eigenvalue weighted by Crippen LogP contribution is 2.24. The molecule has 2 unspecified atom stereocenters. The molecule has 0 aromatic rings. The summed E-state index contributed by atoms with van der Waals surface area (Å²) in [6.07, 6.45) is 2.24. The molecule has 17 heavy (non-hydrogen) atoms. The Labute approximate surface area is 106 Å². The lowest BCUT2D eigenvalue weighted by atomic mass is 9.95. The Morgan fingerprint density at radius 2 is 2.24 bits per heavy atom. The van der Waals surface area contributed by atoms with Gasteiger partial charge in [-0.3, -0.25) is 5.32 Å². The Hall–Kier alpha value is -0.590. The van der Waals surface area contributed by atoms with Crippen LogP contribution in [0.1, 0.15) is 40.5 Å². The summed E-state index contributed by atoms with van der Waals surface area (Å²) in [7, 11) is 0. The molecule has 2 atom stereocenters. The summed E-state index contributed by atoms with van der Waals surface area (Å²) in [4.78, 5) is 2.51. The molecule has 1 saturated heterocycles. The van der Waals surface area contributed by atoms with Gasteiger partial charge in [0.1, 0.15) is 5.54 Å². The number of likely N-dealkylation sites (tertiary alicyclic amines) is 1. The number of rotatable bonds is 6. The van der Waals surface area contributed by atoms with E-state index in [1.807, 2.05) is 6.92 Å². The summed E-state index contributed by atoms with van der Waals surface area (Å²) in [6, 6.07) is 2.40. The lowest BCUT2D eigenvalue weighted by Crippen LogP contribution is -2.43. The molecule has 0 aromatic carbocycles. The van der Waals surface area contributed by atoms with Crippen LogP contribution >= 0.6 is 0 Å². The van der Waals surface area contributed by atoms with E-state index < -0.39 is 0 Å². The molecular formula is C14H27N3. The number of hydrogen-bond acceptors (Lipinski definition) is 3. The van der Waals surface area contributed by atoms with Crippen molar-refractivity contribution in [2.45, 2.75) is 46.1 Å². The van der Waals surface area contributed by atoms with E-state index in [1.54, 1.807) is 0 Å². The molecule has 0 aromatic heterocycles. The summed E-state index contributed by atoms with van der Waals surface area (Å²) in [6.45, 7) is 13.0. The van der Waals surface area contributed by atoms with Crippen LogP contribution in [0, 0.1) is 23.2 Å². The fourth-order valence-electron chi connectivity index (χ4n) is 2.57. The van der Waals surface area contributed by atoms with E-state index in [-0.39, 0.29) is 5.54 Å². The summed E-state index contributed by atoms with van der Waals surface area (Å²) < 4.78 is 0. The number of nitrogens with zero attached hydrogens (tertiary/aromatic N) is 2. The second-order valence-electron chi connectivity index (χ2n) is 5.82. The zero-order valence-corrected chi connectivity index (χ0v) is 11.8. The Bertz CT molecular complexity index is 269. The van der Waals surface area contributed by atoms with Gasteiger partial charge in [0.15, 0.2) is 0 Å². The molecule has 0 saturated carbocycles. The molecule has 0 amide bonds. The van der Waals surface area contributed by atoms with Crippen LogP contribution in [0.4, 0.5) is 0 Å². The van der Waals surface area contributed by atoms with Crippen LogP contribution in [0.2, 0.25) is 0 Å². The van der Waals surface area contributed by atoms with Crippen molar-refractivity contribution >= 4 is 0 Å². The molecule has 98 valence electrons. The minimum atomic E-state index is -0.356. The molecule has 3 nitrogen and oxygen atoms in total. The first-order valence-electron chi connectivity index (χ1n) is 6.89. The van der Waals surface area contributed by atoms with Crippen molar-refractivity contribution in [2.75, 3.05) is 26.2 Å². The average Bonchev–Trinajstić information content (AvgIpc) is 2.76. The highest BCUT2D eigenvalue weighted by molar-refractivity contribution is 5.04. The SMILES string of the molecule is CCNC(C)(C#N)CCN1CCC(C(C)C)C1. The minimum absolute atomic E-state index is 0.356. The second-order valence-corrected chi connectivity index (χ2v) is 5.82. The number of nitriles is 1. The summed E-state index contributed by atoms with van der Waals surface area (Å²) in [5, 5.41) is 12.5. The van der Waals surface area contributed by atoms with E-state index in [1.165, 1.54) is 19.5 Å². The van der Waals surface area contributed by atoms with E-state index in [9.17, 15) is 5.26 Å². The van der Waals surface area contributed by atoms with Crippen LogP contribution < -0.4 is 5.32 Å². The molecule has 1 fully saturated rings. The standard InChI is InChI=1S/C14H27N3/c1-5-16-14(4,11-15)7-9-17-8-6-13(10-17)12(2)3/h12-13,16H,5-10H2,1-4H3.